The van der Waals surface area contributed by atoms with E-state index in [4.69, 9.17) is 5.73 Å². The molecule has 0 heterocycles. The van der Waals surface area contributed by atoms with Crippen LogP contribution >= 0.6 is 7.92 Å². The third kappa shape index (κ3) is 2.76. The van der Waals surface area contributed by atoms with Gasteiger partial charge in [-0.15, -0.1) is 0 Å². The lowest BCUT2D eigenvalue weighted by molar-refractivity contribution is 1.27. The molecule has 0 atom stereocenters. The zero-order valence-electron chi connectivity index (χ0n) is 15.0. The molecule has 4 aromatic rings. The number of hydrogen-bond acceptors (Lipinski definition) is 1. The Kier molecular flexibility index (Phi) is 4.03. The van der Waals surface area contributed by atoms with Crippen molar-refractivity contribution in [1.82, 2.24) is 0 Å². The molecule has 0 unspecified atom stereocenters. The van der Waals surface area contributed by atoms with Gasteiger partial charge in [0.05, 0.1) is 0 Å². The quantitative estimate of drug-likeness (QED) is 0.367. The number of fused-ring (bicyclic) bond motifs is 3. The first-order valence-electron chi connectivity index (χ1n) is 9.23. The van der Waals surface area contributed by atoms with Crippen LogP contribution in [0.4, 0.5) is 5.69 Å². The lowest BCUT2D eigenvalue weighted by atomic mass is 10.1. The van der Waals surface area contributed by atoms with Crippen LogP contribution in [0.5, 0.6) is 0 Å². The highest BCUT2D eigenvalue weighted by Crippen LogP contribution is 2.43. The van der Waals surface area contributed by atoms with Gasteiger partial charge in [-0.05, 0) is 40.8 Å². The van der Waals surface area contributed by atoms with Crippen LogP contribution in [0.2, 0.25) is 0 Å². The van der Waals surface area contributed by atoms with Crippen molar-refractivity contribution in [1.29, 1.82) is 0 Å². The molecule has 1 nitrogen and oxygen atoms in total. The Morgan fingerprint density at radius 2 is 1.19 bits per heavy atom. The molecular weight excluding hydrogens is 345 g/mol. The number of nitrogen functional groups attached to an aromatic ring is 1. The minimum absolute atomic E-state index is 0.674. The molecule has 0 fully saturated rings. The van der Waals surface area contributed by atoms with Gasteiger partial charge in [0, 0.05) is 17.4 Å². The van der Waals surface area contributed by atoms with Crippen LogP contribution in [-0.4, -0.2) is 0 Å². The maximum Gasteiger partial charge on any atom is 0.0441 e. The first-order chi connectivity index (χ1) is 13.3. The molecule has 0 aromatic heterocycles. The Labute approximate surface area is 161 Å². The molecule has 0 spiro atoms. The summed E-state index contributed by atoms with van der Waals surface area (Å²) in [7, 11) is -0.674. The van der Waals surface area contributed by atoms with Crippen molar-refractivity contribution in [3.8, 4) is 11.1 Å². The fourth-order valence-corrected chi connectivity index (χ4v) is 6.39. The van der Waals surface area contributed by atoms with Crippen molar-refractivity contribution in [2.24, 2.45) is 0 Å². The maximum atomic E-state index is 6.81. The maximum absolute atomic E-state index is 6.81. The second-order valence-electron chi connectivity index (χ2n) is 6.86. The molecule has 0 amide bonds. The van der Waals surface area contributed by atoms with E-state index < -0.39 is 7.92 Å². The minimum Gasteiger partial charge on any atom is -0.398 e. The topological polar surface area (TPSA) is 26.0 Å². The predicted octanol–water partition coefficient (Wildman–Crippen LogP) is 4.60. The summed E-state index contributed by atoms with van der Waals surface area (Å²) >= 11 is 0. The molecule has 0 saturated carbocycles. The number of nitrogens with two attached hydrogens (primary N) is 1. The van der Waals surface area contributed by atoms with Gasteiger partial charge in [0.25, 0.3) is 0 Å². The van der Waals surface area contributed by atoms with Gasteiger partial charge in [-0.1, -0.05) is 97.1 Å². The van der Waals surface area contributed by atoms with Crippen LogP contribution in [0.15, 0.2) is 97.1 Å². The van der Waals surface area contributed by atoms with E-state index in [2.05, 4.69) is 97.1 Å². The van der Waals surface area contributed by atoms with Crippen molar-refractivity contribution < 1.29 is 0 Å². The molecule has 130 valence electrons. The molecule has 0 aliphatic heterocycles. The zero-order chi connectivity index (χ0) is 18.2. The zero-order valence-corrected chi connectivity index (χ0v) is 15.9. The van der Waals surface area contributed by atoms with Crippen molar-refractivity contribution in [2.45, 2.75) is 6.42 Å². The first-order valence-corrected chi connectivity index (χ1v) is 10.6. The Morgan fingerprint density at radius 3 is 1.85 bits per heavy atom. The highest BCUT2D eigenvalue weighted by Gasteiger charge is 2.25. The SMILES string of the molecule is Nc1c(P(c2ccccc2)c2ccccc2)ccc2c1Cc1ccccc1-2. The average Bonchev–Trinajstić information content (AvgIpc) is 3.11. The Morgan fingerprint density at radius 1 is 0.593 bits per heavy atom. The summed E-state index contributed by atoms with van der Waals surface area (Å²) in [5.41, 5.74) is 13.0. The fourth-order valence-electron chi connectivity index (χ4n) is 4.00. The molecule has 1 aliphatic rings. The molecule has 4 aromatic carbocycles. The van der Waals surface area contributed by atoms with E-state index in [1.54, 1.807) is 0 Å². The first kappa shape index (κ1) is 16.3. The van der Waals surface area contributed by atoms with Gasteiger partial charge in [-0.3, -0.25) is 0 Å². The molecule has 0 bridgehead atoms. The van der Waals surface area contributed by atoms with Gasteiger partial charge in [0.1, 0.15) is 0 Å². The average molecular weight is 365 g/mol. The van der Waals surface area contributed by atoms with Crippen molar-refractivity contribution in [3.63, 3.8) is 0 Å². The van der Waals surface area contributed by atoms with E-state index in [-0.39, 0.29) is 0 Å². The summed E-state index contributed by atoms with van der Waals surface area (Å²) < 4.78 is 0. The third-order valence-corrected chi connectivity index (χ3v) is 7.78. The van der Waals surface area contributed by atoms with Crippen LogP contribution in [0, 0.1) is 0 Å². The summed E-state index contributed by atoms with van der Waals surface area (Å²) in [6.07, 6.45) is 0.929. The van der Waals surface area contributed by atoms with Gasteiger partial charge in [-0.25, -0.2) is 0 Å². The number of hydrogen-bond donors (Lipinski definition) is 1. The van der Waals surface area contributed by atoms with Gasteiger partial charge in [0.2, 0.25) is 0 Å². The second kappa shape index (κ2) is 6.68. The van der Waals surface area contributed by atoms with Crippen LogP contribution < -0.4 is 21.6 Å². The third-order valence-electron chi connectivity index (χ3n) is 5.28. The van der Waals surface area contributed by atoms with Crippen LogP contribution in [0.25, 0.3) is 11.1 Å². The highest BCUT2D eigenvalue weighted by molar-refractivity contribution is 7.80. The molecule has 2 heteroatoms. The Balaban J connectivity index is 1.69. The van der Waals surface area contributed by atoms with Gasteiger partial charge < -0.3 is 5.73 Å². The lowest BCUT2D eigenvalue weighted by Crippen LogP contribution is -2.23. The van der Waals surface area contributed by atoms with E-state index >= 15 is 0 Å². The summed E-state index contributed by atoms with van der Waals surface area (Å²) in [6.45, 7) is 0. The minimum atomic E-state index is -0.674. The predicted molar refractivity (Wildman–Crippen MR) is 118 cm³/mol. The number of rotatable bonds is 3. The van der Waals surface area contributed by atoms with E-state index in [0.29, 0.717) is 0 Å². The van der Waals surface area contributed by atoms with E-state index in [0.717, 1.165) is 12.1 Å². The van der Waals surface area contributed by atoms with E-state index in [1.807, 2.05) is 0 Å². The Hall–Kier alpha value is -2.89. The van der Waals surface area contributed by atoms with Crippen molar-refractivity contribution in [2.75, 3.05) is 5.73 Å². The molecular formula is C25H20NP. The monoisotopic (exact) mass is 365 g/mol. The fraction of sp³-hybridized carbons (Fsp3) is 0.0400. The molecule has 5 rings (SSSR count). The highest BCUT2D eigenvalue weighted by atomic mass is 31.1. The molecule has 27 heavy (non-hydrogen) atoms. The summed E-state index contributed by atoms with van der Waals surface area (Å²) in [6, 6.07) is 34.7. The molecule has 0 radical (unpaired) electrons. The number of anilines is 1. The lowest BCUT2D eigenvalue weighted by Gasteiger charge is -2.22. The Bertz CT molecular complexity index is 1060. The van der Waals surface area contributed by atoms with Crippen LogP contribution in [0.1, 0.15) is 11.1 Å². The largest absolute Gasteiger partial charge is 0.398 e. The van der Waals surface area contributed by atoms with E-state index in [9.17, 15) is 0 Å². The number of benzene rings is 4. The van der Waals surface area contributed by atoms with E-state index in [1.165, 1.54) is 38.2 Å². The standard InChI is InChI=1S/C25H20NP/c26-25-23-17-18-9-7-8-14-21(18)22(23)15-16-24(25)27(19-10-3-1-4-11-19)20-12-5-2-6-13-20/h1-16H,17,26H2. The molecule has 0 saturated heterocycles. The second-order valence-corrected chi connectivity index (χ2v) is 9.05. The molecule has 2 N–H and O–H groups in total. The summed E-state index contributed by atoms with van der Waals surface area (Å²) in [4.78, 5) is 0. The normalized spacial score (nSPS) is 12.0. The van der Waals surface area contributed by atoms with Gasteiger partial charge in [-0.2, -0.15) is 0 Å². The van der Waals surface area contributed by atoms with Gasteiger partial charge in [0.15, 0.2) is 0 Å². The summed E-state index contributed by atoms with van der Waals surface area (Å²) in [5, 5.41) is 3.93. The van der Waals surface area contributed by atoms with Crippen molar-refractivity contribution in [3.05, 3.63) is 108 Å². The van der Waals surface area contributed by atoms with Crippen LogP contribution in [0.3, 0.4) is 0 Å². The smallest absolute Gasteiger partial charge is 0.0441 e. The van der Waals surface area contributed by atoms with Crippen molar-refractivity contribution >= 4 is 29.5 Å². The molecule has 1 aliphatic carbocycles. The van der Waals surface area contributed by atoms with Crippen LogP contribution in [-0.2, 0) is 6.42 Å². The van der Waals surface area contributed by atoms with Gasteiger partial charge >= 0.3 is 0 Å². The summed E-state index contributed by atoms with van der Waals surface area (Å²) in [5.74, 6) is 0.